The van der Waals surface area contributed by atoms with E-state index >= 15 is 0 Å². The molecule has 0 aromatic carbocycles. The highest BCUT2D eigenvalue weighted by Crippen LogP contribution is 2.17. The molecule has 3 aromatic heterocycles. The molecule has 27 heavy (non-hydrogen) atoms. The van der Waals surface area contributed by atoms with Gasteiger partial charge in [-0.2, -0.15) is 0 Å². The summed E-state index contributed by atoms with van der Waals surface area (Å²) in [6.07, 6.45) is 4.90. The number of nitrogens with zero attached hydrogens (tertiary/aromatic N) is 6. The molecule has 3 aromatic rings. The van der Waals surface area contributed by atoms with Crippen LogP contribution in [0, 0.1) is 6.92 Å². The van der Waals surface area contributed by atoms with Gasteiger partial charge >= 0.3 is 0 Å². The van der Waals surface area contributed by atoms with Crippen molar-refractivity contribution in [2.24, 2.45) is 0 Å². The fourth-order valence-corrected chi connectivity index (χ4v) is 2.91. The zero-order valence-electron chi connectivity index (χ0n) is 14.9. The van der Waals surface area contributed by atoms with Gasteiger partial charge in [-0.05, 0) is 19.1 Å². The second-order valence-electron chi connectivity index (χ2n) is 6.20. The van der Waals surface area contributed by atoms with Crippen LogP contribution in [0.3, 0.4) is 0 Å². The maximum atomic E-state index is 12.2. The first kappa shape index (κ1) is 17.0. The molecular formula is C18H19N7O2. The van der Waals surface area contributed by atoms with E-state index in [1.54, 1.807) is 25.4 Å². The van der Waals surface area contributed by atoms with Crippen LogP contribution in [0.1, 0.15) is 16.2 Å². The summed E-state index contributed by atoms with van der Waals surface area (Å²) in [4.78, 5) is 29.6. The highest BCUT2D eigenvalue weighted by Gasteiger charge is 2.20. The lowest BCUT2D eigenvalue weighted by atomic mass is 10.3. The lowest BCUT2D eigenvalue weighted by molar-refractivity contribution is 0.102. The zero-order valence-corrected chi connectivity index (χ0v) is 14.9. The van der Waals surface area contributed by atoms with Gasteiger partial charge in [0.05, 0.1) is 12.4 Å². The van der Waals surface area contributed by atoms with E-state index < -0.39 is 0 Å². The highest BCUT2D eigenvalue weighted by molar-refractivity contribution is 6.02. The number of hydrogen-bond acceptors (Lipinski definition) is 8. The van der Waals surface area contributed by atoms with Crippen LogP contribution in [0.15, 0.2) is 47.4 Å². The first-order valence-corrected chi connectivity index (χ1v) is 8.67. The Kier molecular flexibility index (Phi) is 4.65. The van der Waals surface area contributed by atoms with Gasteiger partial charge in [0.2, 0.25) is 0 Å². The molecule has 1 saturated heterocycles. The number of aryl methyl sites for hydroxylation is 1. The molecule has 0 bridgehead atoms. The molecule has 1 amide bonds. The minimum Gasteiger partial charge on any atom is -0.360 e. The van der Waals surface area contributed by atoms with Crippen molar-refractivity contribution < 1.29 is 9.32 Å². The normalized spacial score (nSPS) is 14.3. The summed E-state index contributed by atoms with van der Waals surface area (Å²) in [6, 6.07) is 7.56. The van der Waals surface area contributed by atoms with Gasteiger partial charge in [-0.25, -0.2) is 15.0 Å². The number of pyridine rings is 1. The molecule has 0 aliphatic carbocycles. The monoisotopic (exact) mass is 365 g/mol. The second-order valence-corrected chi connectivity index (χ2v) is 6.20. The van der Waals surface area contributed by atoms with Crippen molar-refractivity contribution in [1.82, 2.24) is 20.1 Å². The van der Waals surface area contributed by atoms with E-state index in [-0.39, 0.29) is 11.6 Å². The van der Waals surface area contributed by atoms with E-state index in [0.717, 1.165) is 37.8 Å². The Morgan fingerprint density at radius 3 is 2.41 bits per heavy atom. The van der Waals surface area contributed by atoms with Crippen molar-refractivity contribution in [3.05, 3.63) is 54.3 Å². The summed E-state index contributed by atoms with van der Waals surface area (Å²) in [6.45, 7) is 5.09. The number of amides is 1. The van der Waals surface area contributed by atoms with Crippen LogP contribution in [0.25, 0.3) is 0 Å². The van der Waals surface area contributed by atoms with Crippen molar-refractivity contribution in [2.75, 3.05) is 41.3 Å². The van der Waals surface area contributed by atoms with Crippen LogP contribution in [0.2, 0.25) is 0 Å². The molecule has 1 aliphatic heterocycles. The van der Waals surface area contributed by atoms with Crippen LogP contribution in [-0.2, 0) is 0 Å². The second kappa shape index (κ2) is 7.40. The van der Waals surface area contributed by atoms with E-state index in [4.69, 9.17) is 4.52 Å². The predicted octanol–water partition coefficient (Wildman–Crippen LogP) is 1.75. The Labute approximate surface area is 156 Å². The Bertz CT molecular complexity index is 903. The first-order chi connectivity index (χ1) is 13.2. The quantitative estimate of drug-likeness (QED) is 0.746. The average molecular weight is 365 g/mol. The van der Waals surface area contributed by atoms with Crippen LogP contribution in [0.5, 0.6) is 0 Å². The molecule has 9 heteroatoms. The summed E-state index contributed by atoms with van der Waals surface area (Å²) in [7, 11) is 0. The minimum absolute atomic E-state index is 0.228. The average Bonchev–Trinajstić information content (AvgIpc) is 3.13. The van der Waals surface area contributed by atoms with E-state index in [2.05, 4.69) is 35.2 Å². The maximum Gasteiger partial charge on any atom is 0.277 e. The van der Waals surface area contributed by atoms with Gasteiger partial charge in [0, 0.05) is 38.4 Å². The number of piperazine rings is 1. The maximum absolute atomic E-state index is 12.2. The summed E-state index contributed by atoms with van der Waals surface area (Å²) in [5.74, 6) is 2.34. The third-order valence-electron chi connectivity index (χ3n) is 4.32. The van der Waals surface area contributed by atoms with Gasteiger partial charge in [0.25, 0.3) is 5.91 Å². The molecule has 138 valence electrons. The van der Waals surface area contributed by atoms with Gasteiger partial charge in [-0.1, -0.05) is 11.2 Å². The smallest absolute Gasteiger partial charge is 0.277 e. The van der Waals surface area contributed by atoms with E-state index in [9.17, 15) is 4.79 Å². The summed E-state index contributed by atoms with van der Waals surface area (Å²) >= 11 is 0. The van der Waals surface area contributed by atoms with Gasteiger partial charge < -0.3 is 19.6 Å². The predicted molar refractivity (Wildman–Crippen MR) is 99.9 cm³/mol. The molecule has 4 heterocycles. The van der Waals surface area contributed by atoms with Crippen molar-refractivity contribution >= 4 is 23.4 Å². The minimum atomic E-state index is -0.373. The number of anilines is 3. The summed E-state index contributed by atoms with van der Waals surface area (Å²) < 4.78 is 4.92. The molecule has 0 atom stereocenters. The van der Waals surface area contributed by atoms with Crippen molar-refractivity contribution in [3.8, 4) is 0 Å². The Balaban J connectivity index is 1.36. The molecule has 9 nitrogen and oxygen atoms in total. The zero-order chi connectivity index (χ0) is 18.6. The molecule has 1 N–H and O–H groups in total. The molecule has 1 fully saturated rings. The van der Waals surface area contributed by atoms with E-state index in [0.29, 0.717) is 11.6 Å². The molecule has 0 unspecified atom stereocenters. The third-order valence-corrected chi connectivity index (χ3v) is 4.32. The molecule has 0 saturated carbocycles. The Hall–Kier alpha value is -3.49. The standard InChI is InChI=1S/C18H19N7O2/c1-13-10-15(23-27-13)22-18(26)14-11-21-17(12-20-14)25-8-6-24(7-9-25)16-4-2-3-5-19-16/h2-5,10-12H,6-9H2,1H3,(H,22,23,26). The first-order valence-electron chi connectivity index (χ1n) is 8.67. The molecular weight excluding hydrogens is 346 g/mol. The van der Waals surface area contributed by atoms with Crippen LogP contribution >= 0.6 is 0 Å². The number of hydrogen-bond donors (Lipinski definition) is 1. The molecule has 0 spiro atoms. The van der Waals surface area contributed by atoms with Crippen LogP contribution in [0.4, 0.5) is 17.5 Å². The van der Waals surface area contributed by atoms with Gasteiger partial charge in [0.1, 0.15) is 23.1 Å². The summed E-state index contributed by atoms with van der Waals surface area (Å²) in [5, 5.41) is 6.36. The van der Waals surface area contributed by atoms with Gasteiger partial charge in [-0.15, -0.1) is 0 Å². The number of nitrogens with one attached hydrogen (secondary N) is 1. The number of aromatic nitrogens is 4. The van der Waals surface area contributed by atoms with Crippen LogP contribution < -0.4 is 15.1 Å². The lowest BCUT2D eigenvalue weighted by Gasteiger charge is -2.35. The van der Waals surface area contributed by atoms with Crippen LogP contribution in [-0.4, -0.2) is 52.2 Å². The third kappa shape index (κ3) is 3.86. The largest absolute Gasteiger partial charge is 0.360 e. The lowest BCUT2D eigenvalue weighted by Crippen LogP contribution is -2.47. The van der Waals surface area contributed by atoms with E-state index in [1.165, 1.54) is 6.20 Å². The number of rotatable bonds is 4. The Morgan fingerprint density at radius 2 is 1.81 bits per heavy atom. The van der Waals surface area contributed by atoms with E-state index in [1.807, 2.05) is 18.2 Å². The molecule has 0 radical (unpaired) electrons. The molecule has 4 rings (SSSR count). The van der Waals surface area contributed by atoms with Gasteiger partial charge in [-0.3, -0.25) is 4.79 Å². The number of carbonyl (C=O) groups is 1. The van der Waals surface area contributed by atoms with Crippen molar-refractivity contribution in [2.45, 2.75) is 6.92 Å². The number of carbonyl (C=O) groups excluding carboxylic acids is 1. The van der Waals surface area contributed by atoms with Gasteiger partial charge in [0.15, 0.2) is 5.82 Å². The fourth-order valence-electron chi connectivity index (χ4n) is 2.91. The fraction of sp³-hybridized carbons (Fsp3) is 0.278. The van der Waals surface area contributed by atoms with Crippen molar-refractivity contribution in [1.29, 1.82) is 0 Å². The Morgan fingerprint density at radius 1 is 1.04 bits per heavy atom. The van der Waals surface area contributed by atoms with Crippen molar-refractivity contribution in [3.63, 3.8) is 0 Å². The molecule has 1 aliphatic rings. The SMILES string of the molecule is Cc1cc(NC(=O)c2cnc(N3CCN(c4ccccn4)CC3)cn2)no1. The highest BCUT2D eigenvalue weighted by atomic mass is 16.5. The topological polar surface area (TPSA) is 100 Å². The summed E-state index contributed by atoms with van der Waals surface area (Å²) in [5.41, 5.74) is 0.228.